The minimum absolute atomic E-state index is 0.0121. The molecule has 20 heavy (non-hydrogen) atoms. The Labute approximate surface area is 117 Å². The van der Waals surface area contributed by atoms with Crippen molar-refractivity contribution in [1.29, 1.82) is 0 Å². The van der Waals surface area contributed by atoms with Crippen LogP contribution in [0.3, 0.4) is 0 Å². The Balaban J connectivity index is 1.90. The molecule has 0 heterocycles. The highest BCUT2D eigenvalue weighted by Gasteiger charge is 2.11. The van der Waals surface area contributed by atoms with Crippen LogP contribution in [0.5, 0.6) is 5.75 Å². The summed E-state index contributed by atoms with van der Waals surface area (Å²) in [7, 11) is 0. The molecule has 0 bridgehead atoms. The van der Waals surface area contributed by atoms with Gasteiger partial charge in [-0.05, 0) is 24.6 Å². The first-order chi connectivity index (χ1) is 9.66. The summed E-state index contributed by atoms with van der Waals surface area (Å²) in [6.07, 6.45) is 0. The SMILES string of the molecule is Cc1ccc(OCOCc2ccccc2)c(C(=O)O)c1. The molecule has 0 amide bonds. The van der Waals surface area contributed by atoms with E-state index >= 15 is 0 Å². The summed E-state index contributed by atoms with van der Waals surface area (Å²) in [6.45, 7) is 2.27. The van der Waals surface area contributed by atoms with Gasteiger partial charge >= 0.3 is 5.97 Å². The van der Waals surface area contributed by atoms with Gasteiger partial charge in [0.15, 0.2) is 6.79 Å². The second-order valence-electron chi connectivity index (χ2n) is 4.40. The van der Waals surface area contributed by atoms with Gasteiger partial charge in [-0.1, -0.05) is 42.0 Å². The first kappa shape index (κ1) is 14.1. The largest absolute Gasteiger partial charge is 0.478 e. The summed E-state index contributed by atoms with van der Waals surface area (Å²) < 4.78 is 10.7. The van der Waals surface area contributed by atoms with Crippen molar-refractivity contribution in [1.82, 2.24) is 0 Å². The number of rotatable bonds is 6. The molecule has 4 nitrogen and oxygen atoms in total. The summed E-state index contributed by atoms with van der Waals surface area (Å²) in [5, 5.41) is 9.10. The van der Waals surface area contributed by atoms with E-state index in [1.165, 1.54) is 0 Å². The molecular weight excluding hydrogens is 256 g/mol. The van der Waals surface area contributed by atoms with Crippen LogP contribution in [0.25, 0.3) is 0 Å². The normalized spacial score (nSPS) is 10.2. The van der Waals surface area contributed by atoms with Crippen LogP contribution in [-0.4, -0.2) is 17.9 Å². The Morgan fingerprint density at radius 2 is 1.90 bits per heavy atom. The molecule has 0 saturated heterocycles. The number of carbonyl (C=O) groups is 1. The third kappa shape index (κ3) is 3.83. The molecule has 2 aromatic rings. The van der Waals surface area contributed by atoms with Gasteiger partial charge in [0.25, 0.3) is 0 Å². The molecule has 0 spiro atoms. The van der Waals surface area contributed by atoms with Crippen molar-refractivity contribution in [3.8, 4) is 5.75 Å². The topological polar surface area (TPSA) is 55.8 Å². The number of aromatic carboxylic acids is 1. The highest BCUT2D eigenvalue weighted by molar-refractivity contribution is 5.91. The highest BCUT2D eigenvalue weighted by Crippen LogP contribution is 2.20. The third-order valence-corrected chi connectivity index (χ3v) is 2.77. The Bertz CT molecular complexity index is 578. The average molecular weight is 272 g/mol. The van der Waals surface area contributed by atoms with Crippen molar-refractivity contribution in [2.45, 2.75) is 13.5 Å². The van der Waals surface area contributed by atoms with E-state index in [9.17, 15) is 4.79 Å². The molecular formula is C16H16O4. The molecule has 0 aliphatic rings. The van der Waals surface area contributed by atoms with Crippen LogP contribution in [-0.2, 0) is 11.3 Å². The zero-order valence-electron chi connectivity index (χ0n) is 11.2. The summed E-state index contributed by atoms with van der Waals surface area (Å²) in [4.78, 5) is 11.1. The number of aryl methyl sites for hydroxylation is 1. The molecule has 0 aliphatic carbocycles. The van der Waals surface area contributed by atoms with Gasteiger partial charge in [-0.2, -0.15) is 0 Å². The standard InChI is InChI=1S/C16H16O4/c1-12-7-8-15(14(9-12)16(17)18)20-11-19-10-13-5-3-2-4-6-13/h2-9H,10-11H2,1H3,(H,17,18). The van der Waals surface area contributed by atoms with Gasteiger partial charge in [-0.3, -0.25) is 0 Å². The fraction of sp³-hybridized carbons (Fsp3) is 0.188. The van der Waals surface area contributed by atoms with E-state index in [0.717, 1.165) is 11.1 Å². The van der Waals surface area contributed by atoms with E-state index in [0.29, 0.717) is 12.4 Å². The lowest BCUT2D eigenvalue weighted by Crippen LogP contribution is -2.07. The van der Waals surface area contributed by atoms with Crippen molar-refractivity contribution in [2.75, 3.05) is 6.79 Å². The molecule has 2 aromatic carbocycles. The molecule has 104 valence electrons. The molecule has 2 rings (SSSR count). The minimum Gasteiger partial charge on any atom is -0.478 e. The number of carboxylic acid groups (broad SMARTS) is 1. The summed E-state index contributed by atoms with van der Waals surface area (Å²) >= 11 is 0. The zero-order valence-corrected chi connectivity index (χ0v) is 11.2. The number of ether oxygens (including phenoxy) is 2. The monoisotopic (exact) mass is 272 g/mol. The molecule has 0 unspecified atom stereocenters. The van der Waals surface area contributed by atoms with E-state index in [1.54, 1.807) is 18.2 Å². The molecule has 0 aromatic heterocycles. The smallest absolute Gasteiger partial charge is 0.339 e. The van der Waals surface area contributed by atoms with Crippen molar-refractivity contribution in [2.24, 2.45) is 0 Å². The second-order valence-corrected chi connectivity index (χ2v) is 4.40. The van der Waals surface area contributed by atoms with Crippen LogP contribution in [0, 0.1) is 6.92 Å². The van der Waals surface area contributed by atoms with Crippen LogP contribution in [0.15, 0.2) is 48.5 Å². The highest BCUT2D eigenvalue weighted by atomic mass is 16.7. The van der Waals surface area contributed by atoms with Crippen LogP contribution >= 0.6 is 0 Å². The molecule has 1 N–H and O–H groups in total. The summed E-state index contributed by atoms with van der Waals surface area (Å²) in [5.41, 5.74) is 2.06. The predicted octanol–water partition coefficient (Wildman–Crippen LogP) is 3.25. The van der Waals surface area contributed by atoms with Gasteiger partial charge in [0.1, 0.15) is 11.3 Å². The first-order valence-corrected chi connectivity index (χ1v) is 6.25. The Kier molecular flexibility index (Phi) is 4.74. The molecule has 4 heteroatoms. The Hall–Kier alpha value is -2.33. The first-order valence-electron chi connectivity index (χ1n) is 6.25. The van der Waals surface area contributed by atoms with Gasteiger partial charge in [0.2, 0.25) is 0 Å². The minimum atomic E-state index is -1.01. The fourth-order valence-electron chi connectivity index (χ4n) is 1.78. The van der Waals surface area contributed by atoms with Crippen molar-refractivity contribution in [3.05, 3.63) is 65.2 Å². The number of carboxylic acids is 1. The number of hydrogen-bond donors (Lipinski definition) is 1. The molecule has 0 atom stereocenters. The maximum Gasteiger partial charge on any atom is 0.339 e. The maximum atomic E-state index is 11.1. The quantitative estimate of drug-likeness (QED) is 0.648. The number of benzene rings is 2. The van der Waals surface area contributed by atoms with Crippen molar-refractivity contribution >= 4 is 5.97 Å². The molecule has 0 fully saturated rings. The lowest BCUT2D eigenvalue weighted by Gasteiger charge is -2.10. The van der Waals surface area contributed by atoms with Crippen LogP contribution < -0.4 is 4.74 Å². The van der Waals surface area contributed by atoms with Crippen molar-refractivity contribution < 1.29 is 19.4 Å². The molecule has 0 radical (unpaired) electrons. The van der Waals surface area contributed by atoms with Crippen LogP contribution in [0.1, 0.15) is 21.5 Å². The maximum absolute atomic E-state index is 11.1. The Morgan fingerprint density at radius 1 is 1.15 bits per heavy atom. The van der Waals surface area contributed by atoms with Crippen LogP contribution in [0.4, 0.5) is 0 Å². The van der Waals surface area contributed by atoms with Gasteiger partial charge in [-0.25, -0.2) is 4.79 Å². The van der Waals surface area contributed by atoms with E-state index < -0.39 is 5.97 Å². The average Bonchev–Trinajstić information content (AvgIpc) is 2.45. The summed E-state index contributed by atoms with van der Waals surface area (Å²) in [5.74, 6) is -0.692. The van der Waals surface area contributed by atoms with E-state index in [4.69, 9.17) is 14.6 Å². The summed E-state index contributed by atoms with van der Waals surface area (Å²) in [6, 6.07) is 14.7. The van der Waals surface area contributed by atoms with Gasteiger partial charge in [0.05, 0.1) is 6.61 Å². The lowest BCUT2D eigenvalue weighted by molar-refractivity contribution is 0.00431. The zero-order chi connectivity index (χ0) is 14.4. The predicted molar refractivity (Wildman–Crippen MR) is 74.9 cm³/mol. The Morgan fingerprint density at radius 3 is 2.60 bits per heavy atom. The lowest BCUT2D eigenvalue weighted by atomic mass is 10.1. The third-order valence-electron chi connectivity index (χ3n) is 2.77. The van der Waals surface area contributed by atoms with Crippen molar-refractivity contribution in [3.63, 3.8) is 0 Å². The van der Waals surface area contributed by atoms with E-state index in [2.05, 4.69) is 0 Å². The molecule has 0 saturated carbocycles. The van der Waals surface area contributed by atoms with Gasteiger partial charge in [-0.15, -0.1) is 0 Å². The fourth-order valence-corrected chi connectivity index (χ4v) is 1.78. The number of hydrogen-bond acceptors (Lipinski definition) is 3. The van der Waals surface area contributed by atoms with Crippen LogP contribution in [0.2, 0.25) is 0 Å². The second kappa shape index (κ2) is 6.73. The van der Waals surface area contributed by atoms with E-state index in [-0.39, 0.29) is 12.4 Å². The molecule has 0 aliphatic heterocycles. The van der Waals surface area contributed by atoms with Gasteiger partial charge in [0, 0.05) is 0 Å². The van der Waals surface area contributed by atoms with E-state index in [1.807, 2.05) is 37.3 Å². The van der Waals surface area contributed by atoms with Gasteiger partial charge < -0.3 is 14.6 Å².